The van der Waals surface area contributed by atoms with E-state index in [-0.39, 0.29) is 6.61 Å². The summed E-state index contributed by atoms with van der Waals surface area (Å²) in [6, 6.07) is 0.594. The molecule has 2 rings (SSSR count). The van der Waals surface area contributed by atoms with E-state index in [1.807, 2.05) is 0 Å². The van der Waals surface area contributed by atoms with Gasteiger partial charge in [-0.3, -0.25) is 0 Å². The van der Waals surface area contributed by atoms with Crippen LogP contribution in [0.2, 0.25) is 0 Å². The van der Waals surface area contributed by atoms with E-state index in [2.05, 4.69) is 23.7 Å². The first-order valence-electron chi connectivity index (χ1n) is 6.00. The van der Waals surface area contributed by atoms with Crippen LogP contribution in [0, 0.1) is 0 Å². The van der Waals surface area contributed by atoms with Gasteiger partial charge in [0, 0.05) is 31.5 Å². The SMILES string of the molecule is CC(C)N1CCC(c2nc(CCO)co2)C1. The molecule has 16 heavy (non-hydrogen) atoms. The summed E-state index contributed by atoms with van der Waals surface area (Å²) in [7, 11) is 0. The van der Waals surface area contributed by atoms with Crippen molar-refractivity contribution < 1.29 is 9.52 Å². The van der Waals surface area contributed by atoms with Crippen molar-refractivity contribution in [2.45, 2.75) is 38.6 Å². The van der Waals surface area contributed by atoms with Crippen molar-refractivity contribution in [1.29, 1.82) is 0 Å². The molecule has 0 aromatic carbocycles. The van der Waals surface area contributed by atoms with Gasteiger partial charge in [-0.2, -0.15) is 0 Å². The molecule has 1 saturated heterocycles. The van der Waals surface area contributed by atoms with E-state index in [4.69, 9.17) is 9.52 Å². The van der Waals surface area contributed by atoms with Crippen molar-refractivity contribution in [1.82, 2.24) is 9.88 Å². The van der Waals surface area contributed by atoms with Gasteiger partial charge in [0.1, 0.15) is 6.26 Å². The second-order valence-corrected chi connectivity index (χ2v) is 4.72. The van der Waals surface area contributed by atoms with Crippen molar-refractivity contribution in [2.24, 2.45) is 0 Å². The minimum atomic E-state index is 0.134. The fourth-order valence-electron chi connectivity index (χ4n) is 2.20. The molecule has 1 aromatic heterocycles. The lowest BCUT2D eigenvalue weighted by Crippen LogP contribution is -2.27. The standard InChI is InChI=1S/C12H20N2O2/c1-9(2)14-5-3-10(7-14)12-13-11(4-6-15)8-16-12/h8-10,15H,3-7H2,1-2H3. The highest BCUT2D eigenvalue weighted by Gasteiger charge is 2.28. The summed E-state index contributed by atoms with van der Waals surface area (Å²) in [6.07, 6.45) is 3.38. The molecule has 90 valence electrons. The number of aliphatic hydroxyl groups is 1. The highest BCUT2D eigenvalue weighted by Crippen LogP contribution is 2.27. The summed E-state index contributed by atoms with van der Waals surface area (Å²) in [4.78, 5) is 6.87. The first-order valence-corrected chi connectivity index (χ1v) is 6.00. The Kier molecular flexibility index (Phi) is 3.61. The van der Waals surface area contributed by atoms with Crippen LogP contribution in [-0.2, 0) is 6.42 Å². The molecule has 1 aliphatic rings. The number of nitrogens with zero attached hydrogens (tertiary/aromatic N) is 2. The van der Waals surface area contributed by atoms with E-state index in [9.17, 15) is 0 Å². The van der Waals surface area contributed by atoms with Gasteiger partial charge >= 0.3 is 0 Å². The molecule has 4 heteroatoms. The van der Waals surface area contributed by atoms with Crippen molar-refractivity contribution in [3.8, 4) is 0 Å². The van der Waals surface area contributed by atoms with Gasteiger partial charge in [0.25, 0.3) is 0 Å². The Labute approximate surface area is 96.3 Å². The van der Waals surface area contributed by atoms with Crippen LogP contribution in [0.3, 0.4) is 0 Å². The molecule has 1 aromatic rings. The van der Waals surface area contributed by atoms with Crippen LogP contribution in [0.4, 0.5) is 0 Å². The molecule has 1 fully saturated rings. The maximum Gasteiger partial charge on any atom is 0.198 e. The third kappa shape index (κ3) is 2.44. The normalized spacial score (nSPS) is 22.1. The van der Waals surface area contributed by atoms with Gasteiger partial charge in [0.15, 0.2) is 5.89 Å². The molecule has 1 aliphatic heterocycles. The van der Waals surface area contributed by atoms with Crippen LogP contribution < -0.4 is 0 Å². The molecule has 2 heterocycles. The van der Waals surface area contributed by atoms with Gasteiger partial charge in [0.2, 0.25) is 0 Å². The Hall–Kier alpha value is -0.870. The number of aliphatic hydroxyl groups excluding tert-OH is 1. The van der Waals surface area contributed by atoms with Crippen molar-refractivity contribution >= 4 is 0 Å². The predicted molar refractivity (Wildman–Crippen MR) is 61.4 cm³/mol. The van der Waals surface area contributed by atoms with Crippen LogP contribution in [0.25, 0.3) is 0 Å². The predicted octanol–water partition coefficient (Wildman–Crippen LogP) is 1.41. The molecule has 1 atom stereocenters. The molecule has 1 N–H and O–H groups in total. The minimum Gasteiger partial charge on any atom is -0.448 e. The summed E-state index contributed by atoms with van der Waals surface area (Å²) in [5.74, 6) is 1.27. The molecule has 1 unspecified atom stereocenters. The number of aromatic nitrogens is 1. The first kappa shape index (κ1) is 11.6. The van der Waals surface area contributed by atoms with E-state index in [0.717, 1.165) is 31.1 Å². The van der Waals surface area contributed by atoms with Gasteiger partial charge < -0.3 is 14.4 Å². The lowest BCUT2D eigenvalue weighted by Gasteiger charge is -2.19. The van der Waals surface area contributed by atoms with E-state index < -0.39 is 0 Å². The van der Waals surface area contributed by atoms with Crippen LogP contribution >= 0.6 is 0 Å². The topological polar surface area (TPSA) is 49.5 Å². The second-order valence-electron chi connectivity index (χ2n) is 4.72. The summed E-state index contributed by atoms with van der Waals surface area (Å²) < 4.78 is 5.48. The number of hydrogen-bond donors (Lipinski definition) is 1. The highest BCUT2D eigenvalue weighted by molar-refractivity contribution is 5.04. The van der Waals surface area contributed by atoms with Gasteiger partial charge in [-0.15, -0.1) is 0 Å². The lowest BCUT2D eigenvalue weighted by molar-refractivity contribution is 0.268. The zero-order chi connectivity index (χ0) is 11.5. The number of rotatable bonds is 4. The smallest absolute Gasteiger partial charge is 0.198 e. The van der Waals surface area contributed by atoms with Gasteiger partial charge in [-0.1, -0.05) is 0 Å². The zero-order valence-electron chi connectivity index (χ0n) is 10.0. The zero-order valence-corrected chi connectivity index (χ0v) is 10.0. The summed E-state index contributed by atoms with van der Waals surface area (Å²) >= 11 is 0. The summed E-state index contributed by atoms with van der Waals surface area (Å²) in [5.41, 5.74) is 0.862. The molecule has 0 bridgehead atoms. The molecule has 0 aliphatic carbocycles. The van der Waals surface area contributed by atoms with Crippen LogP contribution in [-0.4, -0.2) is 40.7 Å². The summed E-state index contributed by atoms with van der Waals surface area (Å²) in [5, 5.41) is 8.82. The Morgan fingerprint density at radius 1 is 1.62 bits per heavy atom. The largest absolute Gasteiger partial charge is 0.448 e. The second kappa shape index (κ2) is 4.97. The number of likely N-dealkylation sites (tertiary alicyclic amines) is 1. The van der Waals surface area contributed by atoms with Crippen molar-refractivity contribution in [3.63, 3.8) is 0 Å². The molecule has 0 amide bonds. The van der Waals surface area contributed by atoms with Gasteiger partial charge in [-0.05, 0) is 26.8 Å². The summed E-state index contributed by atoms with van der Waals surface area (Å²) in [6.45, 7) is 6.73. The molecule has 0 saturated carbocycles. The van der Waals surface area contributed by atoms with Crippen molar-refractivity contribution in [3.05, 3.63) is 17.8 Å². The minimum absolute atomic E-state index is 0.134. The van der Waals surface area contributed by atoms with E-state index in [1.54, 1.807) is 6.26 Å². The first-order chi connectivity index (χ1) is 7.70. The Bertz CT molecular complexity index is 336. The maximum absolute atomic E-state index is 8.82. The highest BCUT2D eigenvalue weighted by atomic mass is 16.3. The number of oxazole rings is 1. The molecule has 0 spiro atoms. The molecular weight excluding hydrogens is 204 g/mol. The average molecular weight is 224 g/mol. The lowest BCUT2D eigenvalue weighted by atomic mass is 10.1. The third-order valence-corrected chi connectivity index (χ3v) is 3.24. The van der Waals surface area contributed by atoms with Crippen molar-refractivity contribution in [2.75, 3.05) is 19.7 Å². The molecular formula is C12H20N2O2. The Morgan fingerprint density at radius 3 is 3.06 bits per heavy atom. The van der Waals surface area contributed by atoms with Gasteiger partial charge in [0.05, 0.1) is 5.69 Å². The molecule has 4 nitrogen and oxygen atoms in total. The Morgan fingerprint density at radius 2 is 2.44 bits per heavy atom. The van der Waals surface area contributed by atoms with Crippen LogP contribution in [0.15, 0.2) is 10.7 Å². The Balaban J connectivity index is 1.97. The average Bonchev–Trinajstić information content (AvgIpc) is 2.84. The van der Waals surface area contributed by atoms with Crippen LogP contribution in [0.1, 0.15) is 37.8 Å². The van der Waals surface area contributed by atoms with E-state index >= 15 is 0 Å². The van der Waals surface area contributed by atoms with E-state index in [0.29, 0.717) is 18.4 Å². The maximum atomic E-state index is 8.82. The van der Waals surface area contributed by atoms with Gasteiger partial charge in [-0.25, -0.2) is 4.98 Å². The quantitative estimate of drug-likeness (QED) is 0.840. The van der Waals surface area contributed by atoms with Crippen LogP contribution in [0.5, 0.6) is 0 Å². The number of hydrogen-bond acceptors (Lipinski definition) is 4. The third-order valence-electron chi connectivity index (χ3n) is 3.24. The fraction of sp³-hybridized carbons (Fsp3) is 0.750. The van der Waals surface area contributed by atoms with E-state index in [1.165, 1.54) is 0 Å². The molecule has 0 radical (unpaired) electrons. The fourth-order valence-corrected chi connectivity index (χ4v) is 2.20. The monoisotopic (exact) mass is 224 g/mol.